The number of carbonyl (C=O) groups excluding carboxylic acids is 2. The molecule has 0 aromatic heterocycles. The molecule has 2 aromatic carbocycles. The molecule has 0 aliphatic carbocycles. The maximum absolute atomic E-state index is 12.0. The van der Waals surface area contributed by atoms with Crippen LogP contribution in [-0.2, 0) is 15.2 Å². The van der Waals surface area contributed by atoms with Crippen LogP contribution >= 0.6 is 11.8 Å². The lowest BCUT2D eigenvalue weighted by Crippen LogP contribution is -2.13. The van der Waals surface area contributed by atoms with Crippen molar-refractivity contribution in [2.45, 2.75) is 10.6 Å². The Bertz CT molecular complexity index is 668. The van der Waals surface area contributed by atoms with Crippen LogP contribution in [0.3, 0.4) is 0 Å². The van der Waals surface area contributed by atoms with E-state index in [2.05, 4.69) is 0 Å². The van der Waals surface area contributed by atoms with E-state index in [9.17, 15) is 9.59 Å². The second-order valence-electron chi connectivity index (χ2n) is 4.44. The summed E-state index contributed by atoms with van der Waals surface area (Å²) in [6, 6.07) is 15.0. The van der Waals surface area contributed by atoms with Crippen LogP contribution < -0.4 is 0 Å². The fraction of sp³-hybridized carbons (Fsp3) is 0.176. The number of esters is 2. The van der Waals surface area contributed by atoms with Crippen LogP contribution in [0.25, 0.3) is 0 Å². The van der Waals surface area contributed by atoms with Gasteiger partial charge in [0.25, 0.3) is 0 Å². The molecule has 0 N–H and O–H groups in total. The number of ether oxygens (including phenoxy) is 2. The average molecular weight is 316 g/mol. The van der Waals surface area contributed by atoms with E-state index in [0.29, 0.717) is 10.6 Å². The van der Waals surface area contributed by atoms with Crippen molar-refractivity contribution in [3.63, 3.8) is 0 Å². The van der Waals surface area contributed by atoms with Gasteiger partial charge in [0.2, 0.25) is 0 Å². The molecule has 0 unspecified atom stereocenters. The molecule has 0 spiro atoms. The lowest BCUT2D eigenvalue weighted by Gasteiger charge is -2.11. The van der Waals surface area contributed by atoms with E-state index in [1.807, 2.05) is 30.3 Å². The molecule has 0 bridgehead atoms. The normalized spacial score (nSPS) is 10.1. The molecule has 114 valence electrons. The van der Waals surface area contributed by atoms with Crippen molar-refractivity contribution in [1.29, 1.82) is 0 Å². The molecule has 0 heterocycles. The fourth-order valence-electron chi connectivity index (χ4n) is 1.98. The third-order valence-electron chi connectivity index (χ3n) is 3.06. The first-order valence-corrected chi connectivity index (χ1v) is 7.62. The van der Waals surface area contributed by atoms with Crippen molar-refractivity contribution >= 4 is 23.7 Å². The third kappa shape index (κ3) is 3.68. The Kier molecular flexibility index (Phi) is 5.61. The second kappa shape index (κ2) is 7.66. The molecule has 4 nitrogen and oxygen atoms in total. The Morgan fingerprint density at radius 1 is 0.909 bits per heavy atom. The highest BCUT2D eigenvalue weighted by Gasteiger charge is 2.22. The summed E-state index contributed by atoms with van der Waals surface area (Å²) < 4.78 is 9.54. The summed E-state index contributed by atoms with van der Waals surface area (Å²) in [5, 5.41) is 0. The van der Waals surface area contributed by atoms with Crippen LogP contribution in [0.5, 0.6) is 0 Å². The van der Waals surface area contributed by atoms with Crippen molar-refractivity contribution in [2.75, 3.05) is 14.2 Å². The minimum absolute atomic E-state index is 0.215. The van der Waals surface area contributed by atoms with Gasteiger partial charge in [-0.25, -0.2) is 9.59 Å². The van der Waals surface area contributed by atoms with Gasteiger partial charge in [0.15, 0.2) is 0 Å². The smallest absolute Gasteiger partial charge is 0.339 e. The maximum Gasteiger partial charge on any atom is 0.339 e. The van der Waals surface area contributed by atoms with Gasteiger partial charge in [-0.3, -0.25) is 0 Å². The van der Waals surface area contributed by atoms with Crippen molar-refractivity contribution in [2.24, 2.45) is 0 Å². The topological polar surface area (TPSA) is 52.6 Å². The summed E-state index contributed by atoms with van der Waals surface area (Å²) in [4.78, 5) is 24.6. The van der Waals surface area contributed by atoms with Crippen LogP contribution in [0, 0.1) is 0 Å². The van der Waals surface area contributed by atoms with Gasteiger partial charge < -0.3 is 9.47 Å². The Balaban J connectivity index is 2.33. The molecule has 0 aliphatic rings. The Labute approximate surface area is 133 Å². The summed E-state index contributed by atoms with van der Waals surface area (Å²) in [5.41, 5.74) is 1.59. The van der Waals surface area contributed by atoms with Crippen LogP contribution in [0.1, 0.15) is 26.3 Å². The van der Waals surface area contributed by atoms with E-state index in [1.165, 1.54) is 26.0 Å². The van der Waals surface area contributed by atoms with Crippen LogP contribution in [0.15, 0.2) is 53.4 Å². The Morgan fingerprint density at radius 2 is 1.59 bits per heavy atom. The highest BCUT2D eigenvalue weighted by Crippen LogP contribution is 2.29. The summed E-state index contributed by atoms with van der Waals surface area (Å²) in [6.07, 6.45) is 0. The monoisotopic (exact) mass is 316 g/mol. The molecule has 22 heavy (non-hydrogen) atoms. The van der Waals surface area contributed by atoms with Crippen LogP contribution in [0.2, 0.25) is 0 Å². The van der Waals surface area contributed by atoms with Gasteiger partial charge in [-0.1, -0.05) is 36.4 Å². The van der Waals surface area contributed by atoms with E-state index < -0.39 is 11.9 Å². The lowest BCUT2D eigenvalue weighted by molar-refractivity contribution is 0.0552. The van der Waals surface area contributed by atoms with E-state index in [0.717, 1.165) is 5.56 Å². The summed E-state index contributed by atoms with van der Waals surface area (Å²) >= 11 is 1.48. The van der Waals surface area contributed by atoms with Crippen molar-refractivity contribution < 1.29 is 19.1 Å². The van der Waals surface area contributed by atoms with Gasteiger partial charge in [0.1, 0.15) is 0 Å². The number of methoxy groups -OCH3 is 2. The minimum Gasteiger partial charge on any atom is -0.465 e. The molecular formula is C17H16O4S. The standard InChI is InChI=1S/C17H16O4S/c1-20-16(18)13-9-6-10-14(15(13)17(19)21-2)22-11-12-7-4-3-5-8-12/h3-10H,11H2,1-2H3. The largest absolute Gasteiger partial charge is 0.465 e. The number of carbonyl (C=O) groups is 2. The molecule has 0 radical (unpaired) electrons. The number of rotatable bonds is 5. The summed E-state index contributed by atoms with van der Waals surface area (Å²) in [5.74, 6) is -0.408. The average Bonchev–Trinajstić information content (AvgIpc) is 2.59. The highest BCUT2D eigenvalue weighted by molar-refractivity contribution is 7.98. The predicted molar refractivity (Wildman–Crippen MR) is 85.1 cm³/mol. The van der Waals surface area contributed by atoms with Crippen molar-refractivity contribution in [1.82, 2.24) is 0 Å². The SMILES string of the molecule is COC(=O)c1cccc(SCc2ccccc2)c1C(=O)OC. The van der Waals surface area contributed by atoms with Gasteiger partial charge in [0.05, 0.1) is 25.3 Å². The molecule has 2 rings (SSSR count). The predicted octanol–water partition coefficient (Wildman–Crippen LogP) is 3.55. The van der Waals surface area contributed by atoms with Crippen molar-refractivity contribution in [3.8, 4) is 0 Å². The van der Waals surface area contributed by atoms with Gasteiger partial charge in [-0.2, -0.15) is 0 Å². The number of hydrogen-bond donors (Lipinski definition) is 0. The molecule has 0 aliphatic heterocycles. The molecule has 0 saturated carbocycles. The van der Waals surface area contributed by atoms with E-state index in [1.54, 1.807) is 18.2 Å². The molecular weight excluding hydrogens is 300 g/mol. The van der Waals surface area contributed by atoms with Gasteiger partial charge in [-0.05, 0) is 17.7 Å². The molecule has 5 heteroatoms. The van der Waals surface area contributed by atoms with E-state index in [-0.39, 0.29) is 11.1 Å². The van der Waals surface area contributed by atoms with Crippen molar-refractivity contribution in [3.05, 3.63) is 65.2 Å². The second-order valence-corrected chi connectivity index (χ2v) is 5.45. The van der Waals surface area contributed by atoms with E-state index >= 15 is 0 Å². The highest BCUT2D eigenvalue weighted by atomic mass is 32.2. The Hall–Kier alpha value is -2.27. The molecule has 2 aromatic rings. The lowest BCUT2D eigenvalue weighted by atomic mass is 10.1. The fourth-order valence-corrected chi connectivity index (χ4v) is 3.01. The van der Waals surface area contributed by atoms with Crippen LogP contribution in [0.4, 0.5) is 0 Å². The van der Waals surface area contributed by atoms with E-state index in [4.69, 9.17) is 9.47 Å². The first-order valence-electron chi connectivity index (χ1n) is 6.63. The molecule has 0 amide bonds. The zero-order valence-electron chi connectivity index (χ0n) is 12.4. The summed E-state index contributed by atoms with van der Waals surface area (Å²) in [7, 11) is 2.58. The van der Waals surface area contributed by atoms with Gasteiger partial charge >= 0.3 is 11.9 Å². The zero-order chi connectivity index (χ0) is 15.9. The maximum atomic E-state index is 12.0. The first-order chi connectivity index (χ1) is 10.7. The molecule has 0 saturated heterocycles. The molecule has 0 fully saturated rings. The molecule has 0 atom stereocenters. The van der Waals surface area contributed by atoms with Crippen LogP contribution in [-0.4, -0.2) is 26.2 Å². The summed E-state index contributed by atoms with van der Waals surface area (Å²) in [6.45, 7) is 0. The minimum atomic E-state index is -0.553. The zero-order valence-corrected chi connectivity index (χ0v) is 13.2. The van der Waals surface area contributed by atoms with Gasteiger partial charge in [0, 0.05) is 10.6 Å². The number of benzene rings is 2. The quantitative estimate of drug-likeness (QED) is 0.623. The Morgan fingerprint density at radius 3 is 2.23 bits per heavy atom. The first kappa shape index (κ1) is 16.1. The number of thioether (sulfide) groups is 1. The third-order valence-corrected chi connectivity index (χ3v) is 4.19. The van der Waals surface area contributed by atoms with Gasteiger partial charge in [-0.15, -0.1) is 11.8 Å². The number of hydrogen-bond acceptors (Lipinski definition) is 5.